The van der Waals surface area contributed by atoms with E-state index < -0.39 is 9.26 Å². The number of nitro groups is 1. The van der Waals surface area contributed by atoms with Crippen LogP contribution in [0.25, 0.3) is 0 Å². The Morgan fingerprint density at radius 3 is 2.27 bits per heavy atom. The number of anilines is 1. The van der Waals surface area contributed by atoms with Crippen LogP contribution >= 0.6 is 35.0 Å². The predicted molar refractivity (Wildman–Crippen MR) is 90.5 cm³/mol. The van der Waals surface area contributed by atoms with Gasteiger partial charge in [0, 0.05) is 52.8 Å². The van der Waals surface area contributed by atoms with E-state index in [-0.39, 0.29) is 5.69 Å². The molecule has 0 spiro atoms. The number of nitro benzene ring substituents is 1. The van der Waals surface area contributed by atoms with Crippen molar-refractivity contribution < 1.29 is 4.92 Å². The van der Waals surface area contributed by atoms with Crippen molar-refractivity contribution in [1.29, 1.82) is 0 Å². The Balaban J connectivity index is 2.18. The average Bonchev–Trinajstić information content (AvgIpc) is 2.46. The van der Waals surface area contributed by atoms with Crippen molar-refractivity contribution >= 4 is 46.3 Å². The quantitative estimate of drug-likeness (QED) is 0.441. The lowest BCUT2D eigenvalue weighted by Crippen LogP contribution is -2.20. The summed E-state index contributed by atoms with van der Waals surface area (Å²) in [5.41, 5.74) is 2.26. The van der Waals surface area contributed by atoms with E-state index in [1.165, 1.54) is 23.9 Å². The highest BCUT2D eigenvalue weighted by molar-refractivity contribution is 7.99. The fourth-order valence-electron chi connectivity index (χ4n) is 2.36. The largest absolute Gasteiger partial charge is 0.378 e. The van der Waals surface area contributed by atoms with Gasteiger partial charge in [-0.15, -0.1) is 0 Å². The number of hydrogen-bond donors (Lipinski definition) is 0. The van der Waals surface area contributed by atoms with Crippen LogP contribution in [0, 0.1) is 10.1 Å². The van der Waals surface area contributed by atoms with E-state index >= 15 is 0 Å². The Morgan fingerprint density at radius 2 is 1.68 bits per heavy atom. The van der Waals surface area contributed by atoms with Crippen LogP contribution < -0.4 is 4.90 Å². The zero-order valence-corrected chi connectivity index (χ0v) is 14.2. The van der Waals surface area contributed by atoms with Crippen LogP contribution in [-0.2, 0) is 4.33 Å². The molecule has 114 valence electrons. The summed E-state index contributed by atoms with van der Waals surface area (Å²) in [6.07, 6.45) is 0. The first-order valence-corrected chi connectivity index (χ1v) is 8.04. The molecule has 0 fully saturated rings. The second-order valence-electron chi connectivity index (χ2n) is 5.19. The molecule has 0 saturated carbocycles. The first-order chi connectivity index (χ1) is 10.3. The standard InChI is InChI=1S/C15H12Cl2N2O2S/c1-18(2)9-3-5-13-11(7-9)15(16,17)12-8-10(19(20)21)4-6-14(12)22-13/h3-8H,1-2H3. The monoisotopic (exact) mass is 354 g/mol. The molecule has 4 nitrogen and oxygen atoms in total. The number of rotatable bonds is 2. The van der Waals surface area contributed by atoms with Gasteiger partial charge in [-0.1, -0.05) is 35.0 Å². The molecule has 1 aliphatic rings. The van der Waals surface area contributed by atoms with E-state index in [0.29, 0.717) is 5.56 Å². The minimum atomic E-state index is -1.31. The zero-order chi connectivity index (χ0) is 16.1. The molecule has 0 aliphatic carbocycles. The van der Waals surface area contributed by atoms with Crippen LogP contribution in [0.3, 0.4) is 0 Å². The summed E-state index contributed by atoms with van der Waals surface area (Å²) in [5.74, 6) is 0. The molecule has 0 amide bonds. The van der Waals surface area contributed by atoms with Crippen LogP contribution in [0.5, 0.6) is 0 Å². The van der Waals surface area contributed by atoms with Gasteiger partial charge in [0.2, 0.25) is 0 Å². The fourth-order valence-corrected chi connectivity index (χ4v) is 4.36. The zero-order valence-electron chi connectivity index (χ0n) is 11.8. The molecule has 1 heterocycles. The Kier molecular flexibility index (Phi) is 3.75. The molecule has 2 aromatic rings. The van der Waals surface area contributed by atoms with Crippen molar-refractivity contribution in [2.75, 3.05) is 19.0 Å². The molecule has 0 aromatic heterocycles. The van der Waals surface area contributed by atoms with E-state index in [9.17, 15) is 10.1 Å². The molecule has 0 N–H and O–H groups in total. The Labute approximate surface area is 142 Å². The van der Waals surface area contributed by atoms with Crippen molar-refractivity contribution in [3.63, 3.8) is 0 Å². The van der Waals surface area contributed by atoms with Gasteiger partial charge in [0.05, 0.1) is 4.92 Å². The van der Waals surface area contributed by atoms with Gasteiger partial charge in [-0.2, -0.15) is 0 Å². The van der Waals surface area contributed by atoms with E-state index in [1.807, 2.05) is 37.2 Å². The summed E-state index contributed by atoms with van der Waals surface area (Å²) < 4.78 is -1.31. The van der Waals surface area contributed by atoms with E-state index in [0.717, 1.165) is 21.0 Å². The highest BCUT2D eigenvalue weighted by atomic mass is 35.5. The molecule has 22 heavy (non-hydrogen) atoms. The van der Waals surface area contributed by atoms with Crippen molar-refractivity contribution in [3.05, 3.63) is 57.6 Å². The van der Waals surface area contributed by atoms with E-state index in [2.05, 4.69) is 0 Å². The third-order valence-electron chi connectivity index (χ3n) is 3.55. The van der Waals surface area contributed by atoms with E-state index in [4.69, 9.17) is 23.2 Å². The maximum atomic E-state index is 11.0. The lowest BCUT2D eigenvalue weighted by atomic mass is 10.0. The van der Waals surface area contributed by atoms with Crippen LogP contribution in [0.4, 0.5) is 11.4 Å². The summed E-state index contributed by atoms with van der Waals surface area (Å²) >= 11 is 14.7. The Bertz CT molecular complexity index is 778. The minimum absolute atomic E-state index is 0.0164. The molecule has 3 rings (SSSR count). The molecule has 0 radical (unpaired) electrons. The maximum Gasteiger partial charge on any atom is 0.269 e. The molecule has 2 aromatic carbocycles. The fraction of sp³-hybridized carbons (Fsp3) is 0.200. The summed E-state index contributed by atoms with van der Waals surface area (Å²) in [6, 6.07) is 10.5. The number of nitrogens with zero attached hydrogens (tertiary/aromatic N) is 2. The van der Waals surface area contributed by atoms with Crippen LogP contribution in [-0.4, -0.2) is 19.0 Å². The Morgan fingerprint density at radius 1 is 1.09 bits per heavy atom. The normalized spacial score (nSPS) is 14.9. The van der Waals surface area contributed by atoms with Gasteiger partial charge < -0.3 is 4.90 Å². The van der Waals surface area contributed by atoms with Crippen LogP contribution in [0.15, 0.2) is 46.2 Å². The van der Waals surface area contributed by atoms with Gasteiger partial charge in [-0.05, 0) is 24.3 Å². The summed E-state index contributed by atoms with van der Waals surface area (Å²) in [6.45, 7) is 0. The van der Waals surface area contributed by atoms with Gasteiger partial charge in [-0.25, -0.2) is 0 Å². The van der Waals surface area contributed by atoms with Crippen LogP contribution in [0.2, 0.25) is 0 Å². The predicted octanol–water partition coefficient (Wildman–Crippen LogP) is 4.80. The van der Waals surface area contributed by atoms with Crippen molar-refractivity contribution in [3.8, 4) is 0 Å². The number of hydrogen-bond acceptors (Lipinski definition) is 4. The highest BCUT2D eigenvalue weighted by Gasteiger charge is 2.39. The van der Waals surface area contributed by atoms with Gasteiger partial charge in [0.25, 0.3) is 5.69 Å². The smallest absolute Gasteiger partial charge is 0.269 e. The average molecular weight is 355 g/mol. The molecule has 7 heteroatoms. The second-order valence-corrected chi connectivity index (χ2v) is 7.60. The molecule has 1 aliphatic heterocycles. The molecule has 0 saturated heterocycles. The second kappa shape index (κ2) is 5.33. The van der Waals surface area contributed by atoms with Crippen LogP contribution in [0.1, 0.15) is 11.1 Å². The number of benzene rings is 2. The highest BCUT2D eigenvalue weighted by Crippen LogP contribution is 2.55. The molecule has 0 bridgehead atoms. The van der Waals surface area contributed by atoms with Crippen molar-refractivity contribution in [1.82, 2.24) is 0 Å². The third-order valence-corrected chi connectivity index (χ3v) is 5.52. The molecular weight excluding hydrogens is 343 g/mol. The Hall–Kier alpha value is -1.43. The van der Waals surface area contributed by atoms with Gasteiger partial charge in [0.1, 0.15) is 0 Å². The summed E-state index contributed by atoms with van der Waals surface area (Å²) in [4.78, 5) is 14.3. The first-order valence-electron chi connectivity index (χ1n) is 6.47. The first kappa shape index (κ1) is 15.5. The lowest BCUT2D eigenvalue weighted by molar-refractivity contribution is -0.385. The van der Waals surface area contributed by atoms with Crippen molar-refractivity contribution in [2.24, 2.45) is 0 Å². The van der Waals surface area contributed by atoms with Gasteiger partial charge >= 0.3 is 0 Å². The third kappa shape index (κ3) is 2.43. The van der Waals surface area contributed by atoms with Gasteiger partial charge in [0.15, 0.2) is 4.33 Å². The summed E-state index contributed by atoms with van der Waals surface area (Å²) in [7, 11) is 3.86. The van der Waals surface area contributed by atoms with E-state index in [1.54, 1.807) is 6.07 Å². The molecule has 0 unspecified atom stereocenters. The molecular formula is C15H12Cl2N2O2S. The van der Waals surface area contributed by atoms with Gasteiger partial charge in [-0.3, -0.25) is 10.1 Å². The number of alkyl halides is 2. The number of halogens is 2. The summed E-state index contributed by atoms with van der Waals surface area (Å²) in [5, 5.41) is 11.0. The van der Waals surface area contributed by atoms with Crippen molar-refractivity contribution in [2.45, 2.75) is 14.1 Å². The SMILES string of the molecule is CN(C)c1ccc2c(c1)C(Cl)(Cl)c1cc([N+](=O)[O-])ccc1S2. The molecule has 0 atom stereocenters. The minimum Gasteiger partial charge on any atom is -0.378 e. The maximum absolute atomic E-state index is 11.0. The number of non-ortho nitro benzene ring substituents is 1. The lowest BCUT2D eigenvalue weighted by Gasteiger charge is -2.31. The number of fused-ring (bicyclic) bond motifs is 2. The topological polar surface area (TPSA) is 46.4 Å².